The molecular weight excluding hydrogens is 363 g/mol. The van der Waals surface area contributed by atoms with Crippen molar-refractivity contribution in [3.05, 3.63) is 23.8 Å². The highest BCUT2D eigenvalue weighted by Gasteiger charge is 2.31. The number of carbonyl (C=O) groups excluding carboxylic acids is 1. The Balaban J connectivity index is 0.00000484. The van der Waals surface area contributed by atoms with E-state index >= 15 is 0 Å². The summed E-state index contributed by atoms with van der Waals surface area (Å²) in [6.45, 7) is 1.53. The van der Waals surface area contributed by atoms with Crippen molar-refractivity contribution in [1.29, 1.82) is 0 Å². The van der Waals surface area contributed by atoms with Crippen LogP contribution in [0.3, 0.4) is 0 Å². The minimum atomic E-state index is -4.59. The minimum absolute atomic E-state index is 0. The van der Waals surface area contributed by atoms with Gasteiger partial charge in [-0.1, -0.05) is 6.92 Å². The zero-order valence-corrected chi connectivity index (χ0v) is 13.6. The van der Waals surface area contributed by atoms with Crippen molar-refractivity contribution >= 4 is 35.8 Å². The quantitative estimate of drug-likeness (QED) is 0.580. The molecular formula is C13H16ClF5N2OS. The molecule has 1 atom stereocenters. The van der Waals surface area contributed by atoms with Gasteiger partial charge < -0.3 is 11.1 Å². The number of nitrogens with two attached hydrogens (primary N) is 1. The molecule has 0 saturated carbocycles. The second-order valence-electron chi connectivity index (χ2n) is 4.54. The van der Waals surface area contributed by atoms with E-state index in [0.717, 1.165) is 18.2 Å². The van der Waals surface area contributed by atoms with Crippen molar-refractivity contribution in [2.24, 2.45) is 11.7 Å². The number of amides is 1. The van der Waals surface area contributed by atoms with Gasteiger partial charge in [0, 0.05) is 17.4 Å². The number of hydrogen-bond donors (Lipinski definition) is 2. The third-order valence-electron chi connectivity index (χ3n) is 2.73. The van der Waals surface area contributed by atoms with E-state index in [1.54, 1.807) is 0 Å². The Hall–Kier alpha value is -1.06. The van der Waals surface area contributed by atoms with Crippen LogP contribution in [0.25, 0.3) is 0 Å². The second kappa shape index (κ2) is 9.29. The Morgan fingerprint density at radius 3 is 2.43 bits per heavy atom. The monoisotopic (exact) mass is 378 g/mol. The molecule has 0 spiro atoms. The molecule has 1 aromatic carbocycles. The van der Waals surface area contributed by atoms with Crippen LogP contribution in [0.15, 0.2) is 23.1 Å². The number of anilines is 1. The number of halogens is 6. The molecule has 1 rings (SSSR count). The standard InChI is InChI=1S/C13H15F5N2OS.ClH/c1-7(5-19)12(21)20-9-4-8(13(16,17)18)2-3-10(9)22-6-11(14)15;/h2-4,7,11H,5-6,19H2,1H3,(H,20,21);1H. The average molecular weight is 379 g/mol. The Labute approximate surface area is 140 Å². The topological polar surface area (TPSA) is 55.1 Å². The fraction of sp³-hybridized carbons (Fsp3) is 0.462. The van der Waals surface area contributed by atoms with Crippen molar-refractivity contribution in [2.45, 2.75) is 24.4 Å². The number of alkyl halides is 5. The van der Waals surface area contributed by atoms with Gasteiger partial charge in [-0.05, 0) is 18.2 Å². The predicted octanol–water partition coefficient (Wildman–Crippen LogP) is 4.02. The molecule has 0 aromatic heterocycles. The molecule has 1 unspecified atom stereocenters. The third-order valence-corrected chi connectivity index (χ3v) is 3.82. The summed E-state index contributed by atoms with van der Waals surface area (Å²) in [5.41, 5.74) is 4.20. The first-order valence-electron chi connectivity index (χ1n) is 6.28. The molecule has 3 N–H and O–H groups in total. The van der Waals surface area contributed by atoms with Gasteiger partial charge in [-0.15, -0.1) is 24.2 Å². The highest BCUT2D eigenvalue weighted by atomic mass is 35.5. The molecule has 3 nitrogen and oxygen atoms in total. The first-order valence-corrected chi connectivity index (χ1v) is 7.26. The van der Waals surface area contributed by atoms with Crippen LogP contribution < -0.4 is 11.1 Å². The highest BCUT2D eigenvalue weighted by Crippen LogP contribution is 2.36. The molecule has 0 aliphatic heterocycles. The maximum atomic E-state index is 12.7. The summed E-state index contributed by atoms with van der Waals surface area (Å²) in [4.78, 5) is 11.9. The SMILES string of the molecule is CC(CN)C(=O)Nc1cc(C(F)(F)F)ccc1SCC(F)F.Cl. The van der Waals surface area contributed by atoms with E-state index in [2.05, 4.69) is 5.32 Å². The van der Waals surface area contributed by atoms with Gasteiger partial charge in [-0.25, -0.2) is 8.78 Å². The Kier molecular flexibility index (Phi) is 8.86. The number of thioether (sulfide) groups is 1. The van der Waals surface area contributed by atoms with E-state index in [4.69, 9.17) is 5.73 Å². The van der Waals surface area contributed by atoms with E-state index in [-0.39, 0.29) is 29.5 Å². The fourth-order valence-electron chi connectivity index (χ4n) is 1.45. The molecule has 1 amide bonds. The van der Waals surface area contributed by atoms with E-state index in [1.807, 2.05) is 0 Å². The van der Waals surface area contributed by atoms with Gasteiger partial charge in [0.05, 0.1) is 17.0 Å². The third kappa shape index (κ3) is 6.92. The normalized spacial score (nSPS) is 12.7. The lowest BCUT2D eigenvalue weighted by atomic mass is 10.1. The number of rotatable bonds is 6. The fourth-order valence-corrected chi connectivity index (χ4v) is 2.18. The predicted molar refractivity (Wildman–Crippen MR) is 82.3 cm³/mol. The zero-order chi connectivity index (χ0) is 16.9. The maximum Gasteiger partial charge on any atom is 0.416 e. The van der Waals surface area contributed by atoms with Gasteiger partial charge in [0.15, 0.2) is 0 Å². The molecule has 23 heavy (non-hydrogen) atoms. The summed E-state index contributed by atoms with van der Waals surface area (Å²) in [7, 11) is 0. The van der Waals surface area contributed by atoms with Gasteiger partial charge in [0.1, 0.15) is 0 Å². The van der Waals surface area contributed by atoms with Crippen molar-refractivity contribution in [1.82, 2.24) is 0 Å². The molecule has 0 radical (unpaired) electrons. The average Bonchev–Trinajstić information content (AvgIpc) is 2.43. The van der Waals surface area contributed by atoms with E-state index in [1.165, 1.54) is 6.92 Å². The lowest BCUT2D eigenvalue weighted by Crippen LogP contribution is -2.27. The Morgan fingerprint density at radius 1 is 1.35 bits per heavy atom. The number of hydrogen-bond acceptors (Lipinski definition) is 3. The van der Waals surface area contributed by atoms with Crippen LogP contribution in [0.1, 0.15) is 12.5 Å². The molecule has 132 valence electrons. The van der Waals surface area contributed by atoms with Gasteiger partial charge in [0.2, 0.25) is 12.3 Å². The van der Waals surface area contributed by atoms with E-state index in [0.29, 0.717) is 11.8 Å². The van der Waals surface area contributed by atoms with Crippen LogP contribution in [0, 0.1) is 5.92 Å². The number of benzene rings is 1. The zero-order valence-electron chi connectivity index (χ0n) is 12.0. The Bertz CT molecular complexity index is 528. The number of carbonyl (C=O) groups is 1. The summed E-state index contributed by atoms with van der Waals surface area (Å²) in [5.74, 6) is -1.76. The van der Waals surface area contributed by atoms with Crippen molar-refractivity contribution < 1.29 is 26.7 Å². The summed E-state index contributed by atoms with van der Waals surface area (Å²) < 4.78 is 62.7. The van der Waals surface area contributed by atoms with Crippen LogP contribution in [0.4, 0.5) is 27.6 Å². The summed E-state index contributed by atoms with van der Waals surface area (Å²) in [6.07, 6.45) is -7.20. The number of nitrogens with one attached hydrogen (secondary N) is 1. The van der Waals surface area contributed by atoms with Crippen LogP contribution in [0.2, 0.25) is 0 Å². The van der Waals surface area contributed by atoms with Crippen LogP contribution >= 0.6 is 24.2 Å². The first-order chi connectivity index (χ1) is 10.1. The summed E-state index contributed by atoms with van der Waals surface area (Å²) in [5, 5.41) is 2.31. The molecule has 0 saturated heterocycles. The van der Waals surface area contributed by atoms with Crippen molar-refractivity contribution in [3.63, 3.8) is 0 Å². The second-order valence-corrected chi connectivity index (χ2v) is 5.60. The van der Waals surface area contributed by atoms with Gasteiger partial charge in [-0.3, -0.25) is 4.79 Å². The van der Waals surface area contributed by atoms with Gasteiger partial charge in [-0.2, -0.15) is 13.2 Å². The molecule has 0 fully saturated rings. The smallest absolute Gasteiger partial charge is 0.330 e. The van der Waals surface area contributed by atoms with Crippen LogP contribution in [-0.4, -0.2) is 24.6 Å². The van der Waals surface area contributed by atoms with Crippen LogP contribution in [-0.2, 0) is 11.0 Å². The van der Waals surface area contributed by atoms with E-state index < -0.39 is 35.7 Å². The Morgan fingerprint density at radius 2 is 1.96 bits per heavy atom. The first kappa shape index (κ1) is 21.9. The van der Waals surface area contributed by atoms with E-state index in [9.17, 15) is 26.7 Å². The molecule has 1 aromatic rings. The molecule has 0 aliphatic rings. The van der Waals surface area contributed by atoms with Crippen LogP contribution in [0.5, 0.6) is 0 Å². The van der Waals surface area contributed by atoms with Crippen molar-refractivity contribution in [3.8, 4) is 0 Å². The maximum absolute atomic E-state index is 12.7. The molecule has 0 aliphatic carbocycles. The van der Waals surface area contributed by atoms with Crippen molar-refractivity contribution in [2.75, 3.05) is 17.6 Å². The molecule has 0 heterocycles. The van der Waals surface area contributed by atoms with Gasteiger partial charge >= 0.3 is 6.18 Å². The minimum Gasteiger partial charge on any atom is -0.330 e. The highest BCUT2D eigenvalue weighted by molar-refractivity contribution is 7.99. The molecule has 0 bridgehead atoms. The summed E-state index contributed by atoms with van der Waals surface area (Å²) >= 11 is 0.672. The lowest BCUT2D eigenvalue weighted by Gasteiger charge is -2.16. The summed E-state index contributed by atoms with van der Waals surface area (Å²) in [6, 6.07) is 2.59. The largest absolute Gasteiger partial charge is 0.416 e. The van der Waals surface area contributed by atoms with Gasteiger partial charge in [0.25, 0.3) is 0 Å². The lowest BCUT2D eigenvalue weighted by molar-refractivity contribution is -0.137. The molecule has 10 heteroatoms.